The first-order chi connectivity index (χ1) is 12.5. The Labute approximate surface area is 156 Å². The number of esters is 1. The maximum absolute atomic E-state index is 11.8. The number of carbonyl (C=O) groups is 2. The molecule has 0 aliphatic heterocycles. The van der Waals surface area contributed by atoms with Crippen molar-refractivity contribution in [2.24, 2.45) is 0 Å². The maximum atomic E-state index is 11.8. The molecule has 2 aromatic rings. The van der Waals surface area contributed by atoms with Gasteiger partial charge >= 0.3 is 5.97 Å². The molecule has 0 radical (unpaired) electrons. The van der Waals surface area contributed by atoms with Gasteiger partial charge in [-0.2, -0.15) is 0 Å². The van der Waals surface area contributed by atoms with Gasteiger partial charge in [-0.1, -0.05) is 23.7 Å². The summed E-state index contributed by atoms with van der Waals surface area (Å²) in [5, 5.41) is 2.95. The Hall–Kier alpha value is -2.99. The van der Waals surface area contributed by atoms with E-state index >= 15 is 0 Å². The molecule has 0 saturated heterocycles. The van der Waals surface area contributed by atoms with Crippen LogP contribution in [-0.4, -0.2) is 32.7 Å². The quantitative estimate of drug-likeness (QED) is 0.591. The highest BCUT2D eigenvalue weighted by Gasteiger charge is 2.08. The van der Waals surface area contributed by atoms with Crippen molar-refractivity contribution in [3.05, 3.63) is 59.1 Å². The maximum Gasteiger partial charge on any atom is 0.331 e. The largest absolute Gasteiger partial charge is 0.497 e. The van der Waals surface area contributed by atoms with E-state index in [4.69, 9.17) is 25.8 Å². The predicted octanol–water partition coefficient (Wildman–Crippen LogP) is 3.55. The fraction of sp³-hybridized carbons (Fsp3) is 0.158. The van der Waals surface area contributed by atoms with Crippen molar-refractivity contribution < 1.29 is 23.8 Å². The number of amides is 1. The molecule has 0 saturated carbocycles. The van der Waals surface area contributed by atoms with Gasteiger partial charge in [0.05, 0.1) is 19.2 Å². The second kappa shape index (κ2) is 9.48. The summed E-state index contributed by atoms with van der Waals surface area (Å²) in [6.07, 6.45) is 2.84. The van der Waals surface area contributed by atoms with Crippen LogP contribution in [0.1, 0.15) is 5.56 Å². The molecule has 0 aliphatic carbocycles. The molecule has 2 rings (SSSR count). The predicted molar refractivity (Wildman–Crippen MR) is 99.6 cm³/mol. The molecule has 136 valence electrons. The fourth-order valence-corrected chi connectivity index (χ4v) is 2.26. The van der Waals surface area contributed by atoms with Crippen molar-refractivity contribution in [3.8, 4) is 11.5 Å². The highest BCUT2D eigenvalue weighted by Crippen LogP contribution is 2.27. The standard InChI is InChI=1S/C19H18ClNO5/c1-24-15-7-3-13(4-8-15)5-10-19(23)26-12-18(22)21-14-6-9-17(25-2)16(20)11-14/h3-11H,12H2,1-2H3,(H,21,22)/b10-5+. The monoisotopic (exact) mass is 375 g/mol. The van der Waals surface area contributed by atoms with Crippen LogP contribution in [0.15, 0.2) is 48.5 Å². The van der Waals surface area contributed by atoms with Gasteiger partial charge in [-0.15, -0.1) is 0 Å². The molecule has 6 nitrogen and oxygen atoms in total. The number of hydrogen-bond acceptors (Lipinski definition) is 5. The van der Waals surface area contributed by atoms with Crippen LogP contribution in [0, 0.1) is 0 Å². The van der Waals surface area contributed by atoms with Crippen molar-refractivity contribution in [1.29, 1.82) is 0 Å². The second-order valence-electron chi connectivity index (χ2n) is 5.11. The second-order valence-corrected chi connectivity index (χ2v) is 5.52. The van der Waals surface area contributed by atoms with Crippen molar-refractivity contribution in [2.45, 2.75) is 0 Å². The number of anilines is 1. The number of ether oxygens (including phenoxy) is 3. The molecule has 1 amide bonds. The van der Waals surface area contributed by atoms with Crippen molar-refractivity contribution in [2.75, 3.05) is 26.1 Å². The molecule has 2 aromatic carbocycles. The topological polar surface area (TPSA) is 73.9 Å². The van der Waals surface area contributed by atoms with E-state index < -0.39 is 18.5 Å². The lowest BCUT2D eigenvalue weighted by molar-refractivity contribution is -0.142. The van der Waals surface area contributed by atoms with Gasteiger partial charge in [-0.05, 0) is 42.0 Å². The lowest BCUT2D eigenvalue weighted by atomic mass is 10.2. The zero-order valence-corrected chi connectivity index (χ0v) is 15.1. The Morgan fingerprint density at radius 1 is 1.08 bits per heavy atom. The Morgan fingerprint density at radius 3 is 2.42 bits per heavy atom. The number of methoxy groups -OCH3 is 2. The summed E-state index contributed by atoms with van der Waals surface area (Å²) in [5.74, 6) is 0.126. The van der Waals surface area contributed by atoms with E-state index in [1.807, 2.05) is 0 Å². The molecule has 0 unspecified atom stereocenters. The molecule has 7 heteroatoms. The average Bonchev–Trinajstić information content (AvgIpc) is 2.65. The fourth-order valence-electron chi connectivity index (χ4n) is 2.01. The molecule has 0 atom stereocenters. The van der Waals surface area contributed by atoms with Gasteiger partial charge in [0, 0.05) is 11.8 Å². The molecule has 0 bridgehead atoms. The van der Waals surface area contributed by atoms with Crippen molar-refractivity contribution >= 4 is 35.2 Å². The number of hydrogen-bond donors (Lipinski definition) is 1. The summed E-state index contributed by atoms with van der Waals surface area (Å²) in [4.78, 5) is 23.5. The molecule has 1 N–H and O–H groups in total. The van der Waals surface area contributed by atoms with E-state index in [0.29, 0.717) is 16.5 Å². The summed E-state index contributed by atoms with van der Waals surface area (Å²) >= 11 is 5.98. The molecule has 0 heterocycles. The van der Waals surface area contributed by atoms with Crippen LogP contribution in [0.2, 0.25) is 5.02 Å². The van der Waals surface area contributed by atoms with E-state index in [0.717, 1.165) is 11.3 Å². The Morgan fingerprint density at radius 2 is 1.81 bits per heavy atom. The van der Waals surface area contributed by atoms with Crippen LogP contribution in [0.4, 0.5) is 5.69 Å². The summed E-state index contributed by atoms with van der Waals surface area (Å²) < 4.78 is 15.0. The third-order valence-electron chi connectivity index (χ3n) is 3.31. The van der Waals surface area contributed by atoms with Crippen LogP contribution < -0.4 is 14.8 Å². The molecule has 26 heavy (non-hydrogen) atoms. The highest BCUT2D eigenvalue weighted by molar-refractivity contribution is 6.32. The number of benzene rings is 2. The van der Waals surface area contributed by atoms with E-state index in [2.05, 4.69) is 5.32 Å². The van der Waals surface area contributed by atoms with Gasteiger partial charge in [0.25, 0.3) is 5.91 Å². The lowest BCUT2D eigenvalue weighted by Crippen LogP contribution is -2.20. The van der Waals surface area contributed by atoms with Crippen LogP contribution in [0.5, 0.6) is 11.5 Å². The molecule has 0 aromatic heterocycles. The van der Waals surface area contributed by atoms with Gasteiger partial charge in [0.15, 0.2) is 6.61 Å². The lowest BCUT2D eigenvalue weighted by Gasteiger charge is -2.08. The first-order valence-electron chi connectivity index (χ1n) is 7.64. The third-order valence-corrected chi connectivity index (χ3v) is 3.60. The van der Waals surface area contributed by atoms with Crippen molar-refractivity contribution in [3.63, 3.8) is 0 Å². The number of halogens is 1. The summed E-state index contributed by atoms with van der Waals surface area (Å²) in [6, 6.07) is 11.9. The smallest absolute Gasteiger partial charge is 0.331 e. The molecule has 0 aliphatic rings. The minimum absolute atomic E-state index is 0.365. The molecule has 0 spiro atoms. The number of rotatable bonds is 7. The normalized spacial score (nSPS) is 10.4. The zero-order chi connectivity index (χ0) is 18.9. The van der Waals surface area contributed by atoms with E-state index in [1.54, 1.807) is 55.7 Å². The van der Waals surface area contributed by atoms with Crippen LogP contribution in [0.25, 0.3) is 6.08 Å². The van der Waals surface area contributed by atoms with Crippen LogP contribution >= 0.6 is 11.6 Å². The minimum atomic E-state index is -0.622. The van der Waals surface area contributed by atoms with Gasteiger partial charge in [-0.25, -0.2) is 4.79 Å². The first-order valence-corrected chi connectivity index (χ1v) is 8.02. The SMILES string of the molecule is COc1ccc(/C=C/C(=O)OCC(=O)Nc2ccc(OC)c(Cl)c2)cc1. The Balaban J connectivity index is 1.81. The van der Waals surface area contributed by atoms with E-state index in [-0.39, 0.29) is 0 Å². The summed E-state index contributed by atoms with van der Waals surface area (Å²) in [5.41, 5.74) is 1.28. The van der Waals surface area contributed by atoms with E-state index in [1.165, 1.54) is 13.2 Å². The third kappa shape index (κ3) is 5.82. The summed E-state index contributed by atoms with van der Waals surface area (Å²) in [6.45, 7) is -0.407. The van der Waals surface area contributed by atoms with Gasteiger partial charge in [0.2, 0.25) is 0 Å². The number of carbonyl (C=O) groups excluding carboxylic acids is 2. The first kappa shape index (κ1) is 19.3. The van der Waals surface area contributed by atoms with Gasteiger partial charge in [-0.3, -0.25) is 4.79 Å². The zero-order valence-electron chi connectivity index (χ0n) is 14.3. The Bertz CT molecular complexity index is 802. The molecular weight excluding hydrogens is 358 g/mol. The van der Waals surface area contributed by atoms with Crippen LogP contribution in [0.3, 0.4) is 0 Å². The van der Waals surface area contributed by atoms with Gasteiger partial charge in [0.1, 0.15) is 11.5 Å². The van der Waals surface area contributed by atoms with Crippen LogP contribution in [-0.2, 0) is 14.3 Å². The Kier molecular flexibility index (Phi) is 7.05. The number of nitrogens with one attached hydrogen (secondary N) is 1. The molecular formula is C19H18ClNO5. The highest BCUT2D eigenvalue weighted by atomic mass is 35.5. The minimum Gasteiger partial charge on any atom is -0.497 e. The summed E-state index contributed by atoms with van der Waals surface area (Å²) in [7, 11) is 3.07. The van der Waals surface area contributed by atoms with Crippen molar-refractivity contribution in [1.82, 2.24) is 0 Å². The van der Waals surface area contributed by atoms with Gasteiger partial charge < -0.3 is 19.5 Å². The average molecular weight is 376 g/mol. The van der Waals surface area contributed by atoms with E-state index in [9.17, 15) is 9.59 Å². The molecule has 0 fully saturated rings.